The lowest BCUT2D eigenvalue weighted by Gasteiger charge is -2.11. The number of amides is 2. The highest BCUT2D eigenvalue weighted by Crippen LogP contribution is 2.27. The average Bonchev–Trinajstić information content (AvgIpc) is 2.44. The standard InChI is InChI=1S/C14H11BrCl2N2O2/c15-10-3-1-2-4-12(10)19-14(20)18-8-21-13-6-5-9(16)7-11(13)17/h1-7H,8H2,(H2,18,19,20). The van der Waals surface area contributed by atoms with E-state index in [1.807, 2.05) is 18.2 Å². The van der Waals surface area contributed by atoms with Gasteiger partial charge in [-0.05, 0) is 46.3 Å². The molecule has 0 fully saturated rings. The number of carbonyl (C=O) groups is 1. The Bertz CT molecular complexity index is 653. The quantitative estimate of drug-likeness (QED) is 0.729. The average molecular weight is 390 g/mol. The summed E-state index contributed by atoms with van der Waals surface area (Å²) in [5.41, 5.74) is 0.666. The van der Waals surface area contributed by atoms with Crippen LogP contribution in [0.5, 0.6) is 5.75 Å². The topological polar surface area (TPSA) is 50.4 Å². The zero-order chi connectivity index (χ0) is 15.2. The third-order valence-corrected chi connectivity index (χ3v) is 3.70. The van der Waals surface area contributed by atoms with Crippen LogP contribution >= 0.6 is 39.1 Å². The van der Waals surface area contributed by atoms with Crippen LogP contribution < -0.4 is 15.4 Å². The Morgan fingerprint density at radius 1 is 1.19 bits per heavy atom. The Labute approximate surface area is 140 Å². The van der Waals surface area contributed by atoms with Gasteiger partial charge in [-0.15, -0.1) is 0 Å². The van der Waals surface area contributed by atoms with Crippen molar-refractivity contribution >= 4 is 50.9 Å². The molecule has 110 valence electrons. The molecular formula is C14H11BrCl2N2O2. The Kier molecular flexibility index (Phi) is 5.73. The number of carbonyl (C=O) groups excluding carboxylic acids is 1. The number of nitrogens with one attached hydrogen (secondary N) is 2. The fraction of sp³-hybridized carbons (Fsp3) is 0.0714. The lowest BCUT2D eigenvalue weighted by Crippen LogP contribution is -2.32. The second-order valence-electron chi connectivity index (χ2n) is 3.97. The summed E-state index contributed by atoms with van der Waals surface area (Å²) in [6.45, 7) is -0.0162. The summed E-state index contributed by atoms with van der Waals surface area (Å²) in [5, 5.41) is 6.16. The van der Waals surface area contributed by atoms with Gasteiger partial charge in [-0.2, -0.15) is 0 Å². The largest absolute Gasteiger partial charge is 0.472 e. The van der Waals surface area contributed by atoms with E-state index in [2.05, 4.69) is 26.6 Å². The van der Waals surface area contributed by atoms with Crippen LogP contribution in [-0.2, 0) is 0 Å². The van der Waals surface area contributed by atoms with Crippen molar-refractivity contribution < 1.29 is 9.53 Å². The normalized spacial score (nSPS) is 10.0. The van der Waals surface area contributed by atoms with Gasteiger partial charge in [0.2, 0.25) is 0 Å². The van der Waals surface area contributed by atoms with E-state index < -0.39 is 0 Å². The lowest BCUT2D eigenvalue weighted by atomic mass is 10.3. The van der Waals surface area contributed by atoms with Gasteiger partial charge in [0.1, 0.15) is 5.75 Å². The summed E-state index contributed by atoms with van der Waals surface area (Å²) in [4.78, 5) is 11.7. The van der Waals surface area contributed by atoms with Crippen molar-refractivity contribution in [2.24, 2.45) is 0 Å². The summed E-state index contributed by atoms with van der Waals surface area (Å²) in [5.74, 6) is 0.447. The van der Waals surface area contributed by atoms with Crippen molar-refractivity contribution in [2.75, 3.05) is 12.0 Å². The van der Waals surface area contributed by atoms with Crippen LogP contribution in [0.15, 0.2) is 46.9 Å². The summed E-state index contributed by atoms with van der Waals surface area (Å²) < 4.78 is 6.15. The molecule has 2 N–H and O–H groups in total. The van der Waals surface area contributed by atoms with Crippen LogP contribution in [0, 0.1) is 0 Å². The molecule has 0 aliphatic rings. The second kappa shape index (κ2) is 7.54. The summed E-state index contributed by atoms with van der Waals surface area (Å²) in [6.07, 6.45) is 0. The number of para-hydroxylation sites is 1. The van der Waals surface area contributed by atoms with E-state index in [0.29, 0.717) is 21.5 Å². The smallest absolute Gasteiger partial charge is 0.321 e. The molecule has 7 heteroatoms. The van der Waals surface area contributed by atoms with E-state index in [4.69, 9.17) is 27.9 Å². The summed E-state index contributed by atoms with van der Waals surface area (Å²) in [7, 11) is 0. The molecule has 21 heavy (non-hydrogen) atoms. The van der Waals surface area contributed by atoms with Crippen LogP contribution in [0.1, 0.15) is 0 Å². The molecule has 0 radical (unpaired) electrons. The van der Waals surface area contributed by atoms with Crippen molar-refractivity contribution in [2.45, 2.75) is 0 Å². The first-order valence-corrected chi connectivity index (χ1v) is 7.48. The van der Waals surface area contributed by atoms with Gasteiger partial charge in [-0.3, -0.25) is 0 Å². The summed E-state index contributed by atoms with van der Waals surface area (Å²) in [6, 6.07) is 11.8. The van der Waals surface area contributed by atoms with Gasteiger partial charge in [0.05, 0.1) is 10.7 Å². The maximum Gasteiger partial charge on any atom is 0.321 e. The zero-order valence-electron chi connectivity index (χ0n) is 10.7. The number of urea groups is 1. The third kappa shape index (κ3) is 4.81. The minimum atomic E-state index is -0.382. The molecular weight excluding hydrogens is 379 g/mol. The SMILES string of the molecule is O=C(NCOc1ccc(Cl)cc1Cl)Nc1ccccc1Br. The predicted molar refractivity (Wildman–Crippen MR) is 88.3 cm³/mol. The minimum absolute atomic E-state index is 0.0162. The van der Waals surface area contributed by atoms with E-state index >= 15 is 0 Å². The molecule has 0 saturated heterocycles. The van der Waals surface area contributed by atoms with Crippen molar-refractivity contribution in [1.82, 2.24) is 5.32 Å². The predicted octanol–water partition coefficient (Wildman–Crippen LogP) is 4.91. The van der Waals surface area contributed by atoms with Crippen LogP contribution in [-0.4, -0.2) is 12.8 Å². The molecule has 0 spiro atoms. The molecule has 0 unspecified atom stereocenters. The first-order chi connectivity index (χ1) is 10.1. The van der Waals surface area contributed by atoms with Gasteiger partial charge in [-0.1, -0.05) is 35.3 Å². The Morgan fingerprint density at radius 2 is 1.95 bits per heavy atom. The fourth-order valence-electron chi connectivity index (χ4n) is 1.50. The van der Waals surface area contributed by atoms with Gasteiger partial charge in [-0.25, -0.2) is 4.79 Å². The molecule has 4 nitrogen and oxygen atoms in total. The van der Waals surface area contributed by atoms with Gasteiger partial charge in [0.25, 0.3) is 0 Å². The molecule has 0 aromatic heterocycles. The molecule has 2 amide bonds. The number of hydrogen-bond donors (Lipinski definition) is 2. The monoisotopic (exact) mass is 388 g/mol. The molecule has 0 aliphatic carbocycles. The van der Waals surface area contributed by atoms with E-state index in [1.54, 1.807) is 24.3 Å². The number of benzene rings is 2. The first-order valence-electron chi connectivity index (χ1n) is 5.93. The zero-order valence-corrected chi connectivity index (χ0v) is 13.8. The number of hydrogen-bond acceptors (Lipinski definition) is 2. The fourth-order valence-corrected chi connectivity index (χ4v) is 2.35. The van der Waals surface area contributed by atoms with Crippen molar-refractivity contribution in [1.29, 1.82) is 0 Å². The molecule has 2 aromatic carbocycles. The number of halogens is 3. The van der Waals surface area contributed by atoms with Gasteiger partial charge >= 0.3 is 6.03 Å². The van der Waals surface area contributed by atoms with E-state index in [1.165, 1.54) is 0 Å². The highest BCUT2D eigenvalue weighted by molar-refractivity contribution is 9.10. The number of ether oxygens (including phenoxy) is 1. The van der Waals surface area contributed by atoms with Gasteiger partial charge in [0, 0.05) is 9.50 Å². The highest BCUT2D eigenvalue weighted by Gasteiger charge is 2.05. The first kappa shape index (κ1) is 15.9. The minimum Gasteiger partial charge on any atom is -0.472 e. The Balaban J connectivity index is 1.83. The number of anilines is 1. The van der Waals surface area contributed by atoms with Crippen molar-refractivity contribution in [3.8, 4) is 5.75 Å². The highest BCUT2D eigenvalue weighted by atomic mass is 79.9. The van der Waals surface area contributed by atoms with Gasteiger partial charge < -0.3 is 15.4 Å². The van der Waals surface area contributed by atoms with Crippen molar-refractivity contribution in [3.05, 3.63) is 57.0 Å². The molecule has 2 aromatic rings. The van der Waals surface area contributed by atoms with Crippen LogP contribution in [0.3, 0.4) is 0 Å². The lowest BCUT2D eigenvalue weighted by molar-refractivity contribution is 0.234. The van der Waals surface area contributed by atoms with Crippen LogP contribution in [0.2, 0.25) is 10.0 Å². The molecule has 0 aliphatic heterocycles. The molecule has 0 saturated carbocycles. The summed E-state index contributed by atoms with van der Waals surface area (Å²) >= 11 is 15.1. The van der Waals surface area contributed by atoms with Crippen LogP contribution in [0.25, 0.3) is 0 Å². The molecule has 0 heterocycles. The van der Waals surface area contributed by atoms with Gasteiger partial charge in [0.15, 0.2) is 6.73 Å². The molecule has 0 atom stereocenters. The Morgan fingerprint density at radius 3 is 2.67 bits per heavy atom. The molecule has 2 rings (SSSR count). The van der Waals surface area contributed by atoms with E-state index in [0.717, 1.165) is 4.47 Å². The Hall–Kier alpha value is -1.43. The molecule has 0 bridgehead atoms. The van der Waals surface area contributed by atoms with E-state index in [-0.39, 0.29) is 12.8 Å². The maximum absolute atomic E-state index is 11.7. The van der Waals surface area contributed by atoms with E-state index in [9.17, 15) is 4.79 Å². The maximum atomic E-state index is 11.7. The third-order valence-electron chi connectivity index (χ3n) is 2.48. The number of rotatable bonds is 4. The van der Waals surface area contributed by atoms with Crippen LogP contribution in [0.4, 0.5) is 10.5 Å². The second-order valence-corrected chi connectivity index (χ2v) is 5.67. The van der Waals surface area contributed by atoms with Crippen molar-refractivity contribution in [3.63, 3.8) is 0 Å².